The van der Waals surface area contributed by atoms with Crippen LogP contribution in [-0.2, 0) is 9.59 Å². The number of nitrogens with one attached hydrogen (secondary N) is 1. The Morgan fingerprint density at radius 1 is 1.00 bits per heavy atom. The van der Waals surface area contributed by atoms with Crippen LogP contribution in [0.25, 0.3) is 16.7 Å². The average molecular weight is 438 g/mol. The summed E-state index contributed by atoms with van der Waals surface area (Å²) in [6.45, 7) is 1.95. The molecule has 1 amide bonds. The SMILES string of the molecule is COc1ccc(N2C(=O)C(=O)/C(=C(\O)c3c[nH]c4ccccc34)C2c2cccc(C)c2)cc1. The van der Waals surface area contributed by atoms with Crippen LogP contribution in [0.15, 0.2) is 84.6 Å². The molecule has 6 heteroatoms. The summed E-state index contributed by atoms with van der Waals surface area (Å²) in [4.78, 5) is 31.1. The number of anilines is 1. The minimum absolute atomic E-state index is 0.0613. The first-order valence-corrected chi connectivity index (χ1v) is 10.6. The molecule has 0 bridgehead atoms. The fraction of sp³-hybridized carbons (Fsp3) is 0.111. The molecule has 1 aliphatic rings. The lowest BCUT2D eigenvalue weighted by Gasteiger charge is -2.25. The van der Waals surface area contributed by atoms with Crippen molar-refractivity contribution in [3.63, 3.8) is 0 Å². The van der Waals surface area contributed by atoms with E-state index in [2.05, 4.69) is 4.98 Å². The second kappa shape index (κ2) is 7.98. The number of fused-ring (bicyclic) bond motifs is 1. The second-order valence-corrected chi connectivity index (χ2v) is 8.03. The zero-order valence-electron chi connectivity index (χ0n) is 18.2. The number of hydrogen-bond acceptors (Lipinski definition) is 4. The minimum atomic E-state index is -0.771. The van der Waals surface area contributed by atoms with Crippen molar-refractivity contribution < 1.29 is 19.4 Å². The topological polar surface area (TPSA) is 82.6 Å². The van der Waals surface area contributed by atoms with Gasteiger partial charge in [-0.15, -0.1) is 0 Å². The van der Waals surface area contributed by atoms with E-state index in [-0.39, 0.29) is 11.3 Å². The van der Waals surface area contributed by atoms with Crippen molar-refractivity contribution in [2.24, 2.45) is 0 Å². The van der Waals surface area contributed by atoms with Crippen LogP contribution in [0.3, 0.4) is 0 Å². The number of carbonyl (C=O) groups excluding carboxylic acids is 2. The highest BCUT2D eigenvalue weighted by atomic mass is 16.5. The number of amides is 1. The Bertz CT molecular complexity index is 1420. The van der Waals surface area contributed by atoms with Gasteiger partial charge in [0.2, 0.25) is 0 Å². The molecule has 1 atom stereocenters. The molecule has 0 aliphatic carbocycles. The molecule has 2 heterocycles. The number of H-pyrrole nitrogens is 1. The number of rotatable bonds is 4. The van der Waals surface area contributed by atoms with E-state index in [0.29, 0.717) is 17.0 Å². The van der Waals surface area contributed by atoms with Gasteiger partial charge in [0.15, 0.2) is 0 Å². The monoisotopic (exact) mass is 438 g/mol. The van der Waals surface area contributed by atoms with E-state index in [1.807, 2.05) is 55.5 Å². The largest absolute Gasteiger partial charge is 0.507 e. The first-order valence-electron chi connectivity index (χ1n) is 10.6. The molecule has 1 aliphatic heterocycles. The number of aliphatic hydroxyl groups is 1. The fourth-order valence-corrected chi connectivity index (χ4v) is 4.41. The highest BCUT2D eigenvalue weighted by Gasteiger charge is 2.47. The molecule has 1 aromatic heterocycles. The van der Waals surface area contributed by atoms with E-state index in [9.17, 15) is 14.7 Å². The maximum Gasteiger partial charge on any atom is 0.300 e. The Labute approximate surface area is 190 Å². The van der Waals surface area contributed by atoms with E-state index in [1.165, 1.54) is 4.90 Å². The van der Waals surface area contributed by atoms with Gasteiger partial charge in [-0.25, -0.2) is 0 Å². The van der Waals surface area contributed by atoms with Gasteiger partial charge >= 0.3 is 0 Å². The molecule has 2 N–H and O–H groups in total. The summed E-state index contributed by atoms with van der Waals surface area (Å²) in [6.07, 6.45) is 1.66. The normalized spacial score (nSPS) is 17.6. The Morgan fingerprint density at radius 2 is 1.76 bits per heavy atom. The third-order valence-corrected chi connectivity index (χ3v) is 6.00. The number of carbonyl (C=O) groups is 2. The van der Waals surface area contributed by atoms with Gasteiger partial charge in [-0.05, 0) is 42.8 Å². The quantitative estimate of drug-likeness (QED) is 0.263. The van der Waals surface area contributed by atoms with Gasteiger partial charge in [-0.2, -0.15) is 0 Å². The lowest BCUT2D eigenvalue weighted by Crippen LogP contribution is -2.29. The summed E-state index contributed by atoms with van der Waals surface area (Å²) in [5.74, 6) is -0.970. The molecule has 5 rings (SSSR count). The van der Waals surface area contributed by atoms with Crippen molar-refractivity contribution in [2.45, 2.75) is 13.0 Å². The highest BCUT2D eigenvalue weighted by Crippen LogP contribution is 2.43. The highest BCUT2D eigenvalue weighted by molar-refractivity contribution is 6.51. The first kappa shape index (κ1) is 20.6. The smallest absolute Gasteiger partial charge is 0.300 e. The van der Waals surface area contributed by atoms with Gasteiger partial charge in [0.1, 0.15) is 11.5 Å². The van der Waals surface area contributed by atoms with Crippen molar-refractivity contribution in [1.82, 2.24) is 4.98 Å². The van der Waals surface area contributed by atoms with Crippen LogP contribution >= 0.6 is 0 Å². The predicted molar refractivity (Wildman–Crippen MR) is 127 cm³/mol. The summed E-state index contributed by atoms with van der Waals surface area (Å²) in [7, 11) is 1.56. The molecule has 0 saturated carbocycles. The van der Waals surface area contributed by atoms with E-state index < -0.39 is 17.7 Å². The number of aryl methyl sites for hydroxylation is 1. The average Bonchev–Trinajstić information content (AvgIpc) is 3.38. The molecule has 0 radical (unpaired) electrons. The third-order valence-electron chi connectivity index (χ3n) is 6.00. The molecule has 164 valence electrons. The summed E-state index contributed by atoms with van der Waals surface area (Å²) in [6, 6.07) is 21.3. The first-order chi connectivity index (χ1) is 16.0. The van der Waals surface area contributed by atoms with Crippen LogP contribution in [0.4, 0.5) is 5.69 Å². The van der Waals surface area contributed by atoms with Gasteiger partial charge in [-0.1, -0.05) is 48.0 Å². The van der Waals surface area contributed by atoms with Gasteiger partial charge < -0.3 is 14.8 Å². The number of aliphatic hydroxyl groups excluding tert-OH is 1. The number of para-hydroxylation sites is 1. The molecule has 33 heavy (non-hydrogen) atoms. The number of ether oxygens (including phenoxy) is 1. The zero-order valence-corrected chi connectivity index (χ0v) is 18.2. The van der Waals surface area contributed by atoms with Gasteiger partial charge in [0, 0.05) is 28.4 Å². The Balaban J connectivity index is 1.74. The Morgan fingerprint density at radius 3 is 2.48 bits per heavy atom. The van der Waals surface area contributed by atoms with Crippen molar-refractivity contribution in [2.75, 3.05) is 12.0 Å². The Hall–Kier alpha value is -4.32. The van der Waals surface area contributed by atoms with Crippen molar-refractivity contribution in [1.29, 1.82) is 0 Å². The molecule has 3 aromatic carbocycles. The molecule has 1 saturated heterocycles. The standard InChI is InChI=1S/C27H22N2O4/c1-16-6-5-7-17(14-16)24-23(25(30)21-15-28-22-9-4-3-8-20(21)22)26(31)27(32)29(24)18-10-12-19(33-2)13-11-18/h3-15,24,28,30H,1-2H3/b25-23-. The number of ketones is 1. The maximum absolute atomic E-state index is 13.3. The summed E-state index contributed by atoms with van der Waals surface area (Å²) in [5.41, 5.74) is 3.64. The van der Waals surface area contributed by atoms with Crippen molar-refractivity contribution >= 4 is 34.0 Å². The number of methoxy groups -OCH3 is 1. The molecule has 0 spiro atoms. The summed E-state index contributed by atoms with van der Waals surface area (Å²) < 4.78 is 5.23. The molecule has 1 fully saturated rings. The van der Waals surface area contributed by atoms with E-state index in [0.717, 1.165) is 22.0 Å². The molecular formula is C27H22N2O4. The predicted octanol–water partition coefficient (Wildman–Crippen LogP) is 5.11. The maximum atomic E-state index is 13.3. The number of aromatic amines is 1. The second-order valence-electron chi connectivity index (χ2n) is 8.03. The third kappa shape index (κ3) is 3.36. The zero-order chi connectivity index (χ0) is 23.1. The molecule has 6 nitrogen and oxygen atoms in total. The van der Waals surface area contributed by atoms with Gasteiger partial charge in [0.25, 0.3) is 11.7 Å². The summed E-state index contributed by atoms with van der Waals surface area (Å²) >= 11 is 0. The molecular weight excluding hydrogens is 416 g/mol. The Kier molecular flexibility index (Phi) is 4.98. The molecule has 1 unspecified atom stereocenters. The van der Waals surface area contributed by atoms with Crippen LogP contribution in [0.5, 0.6) is 5.75 Å². The lowest BCUT2D eigenvalue weighted by atomic mass is 9.94. The van der Waals surface area contributed by atoms with Crippen LogP contribution in [0, 0.1) is 6.92 Å². The number of benzene rings is 3. The molecule has 4 aromatic rings. The number of nitrogens with zero attached hydrogens (tertiary/aromatic N) is 1. The fourth-order valence-electron chi connectivity index (χ4n) is 4.41. The lowest BCUT2D eigenvalue weighted by molar-refractivity contribution is -0.132. The number of Topliss-reactive ketones (excluding diaryl/α,β-unsaturated/α-hetero) is 1. The van der Waals surface area contributed by atoms with Crippen LogP contribution in [-0.4, -0.2) is 28.9 Å². The number of hydrogen-bond donors (Lipinski definition) is 2. The summed E-state index contributed by atoms with van der Waals surface area (Å²) in [5, 5.41) is 12.2. The van der Waals surface area contributed by atoms with Crippen molar-refractivity contribution in [3.8, 4) is 5.75 Å². The van der Waals surface area contributed by atoms with E-state index >= 15 is 0 Å². The van der Waals surface area contributed by atoms with Gasteiger partial charge in [-0.3, -0.25) is 14.5 Å². The van der Waals surface area contributed by atoms with Crippen LogP contribution in [0.2, 0.25) is 0 Å². The van der Waals surface area contributed by atoms with E-state index in [1.54, 1.807) is 37.6 Å². The van der Waals surface area contributed by atoms with Gasteiger partial charge in [0.05, 0.1) is 18.7 Å². The van der Waals surface area contributed by atoms with Crippen LogP contribution < -0.4 is 9.64 Å². The minimum Gasteiger partial charge on any atom is -0.507 e. The van der Waals surface area contributed by atoms with Crippen molar-refractivity contribution in [3.05, 3.63) is 101 Å². The number of aromatic nitrogens is 1. The van der Waals surface area contributed by atoms with Crippen LogP contribution in [0.1, 0.15) is 22.7 Å². The van der Waals surface area contributed by atoms with E-state index in [4.69, 9.17) is 4.74 Å².